The summed E-state index contributed by atoms with van der Waals surface area (Å²) in [5.74, 6) is 0.618. The first-order chi connectivity index (χ1) is 8.79. The zero-order valence-corrected chi connectivity index (χ0v) is 10.1. The molecule has 0 aliphatic rings. The molecule has 4 heteroatoms. The minimum Gasteiger partial charge on any atom is -0.355 e. The fraction of sp³-hybridized carbons (Fsp3) is 0.214. The lowest BCUT2D eigenvalue weighted by Crippen LogP contribution is -2.10. The fourth-order valence-electron chi connectivity index (χ4n) is 1.77. The molecular weight excluding hydrogens is 229 g/mol. The van der Waals surface area contributed by atoms with Crippen molar-refractivity contribution in [3.63, 3.8) is 0 Å². The number of hydrogen-bond donors (Lipinski definition) is 1. The smallest absolute Gasteiger partial charge is 0.203 e. The minimum absolute atomic E-state index is 0.194. The van der Waals surface area contributed by atoms with Gasteiger partial charge in [-0.1, -0.05) is 18.2 Å². The van der Waals surface area contributed by atoms with Crippen molar-refractivity contribution in [2.75, 3.05) is 11.9 Å². The number of halogens is 1. The average Bonchev–Trinajstić information content (AvgIpc) is 2.78. The van der Waals surface area contributed by atoms with Gasteiger partial charge in [0.1, 0.15) is 5.82 Å². The lowest BCUT2D eigenvalue weighted by atomic mass is 10.1. The maximum absolute atomic E-state index is 13.0. The SMILES string of the molecule is C=CCn1ccnc1NCCc1cccc(F)c1. The third-order valence-electron chi connectivity index (χ3n) is 2.63. The van der Waals surface area contributed by atoms with Gasteiger partial charge < -0.3 is 9.88 Å². The molecule has 94 valence electrons. The summed E-state index contributed by atoms with van der Waals surface area (Å²) in [6.45, 7) is 5.14. The lowest BCUT2D eigenvalue weighted by molar-refractivity contribution is 0.625. The Morgan fingerprint density at radius 2 is 2.33 bits per heavy atom. The van der Waals surface area contributed by atoms with Crippen molar-refractivity contribution >= 4 is 5.95 Å². The number of benzene rings is 1. The van der Waals surface area contributed by atoms with Gasteiger partial charge in [0.25, 0.3) is 0 Å². The third kappa shape index (κ3) is 3.20. The Hall–Kier alpha value is -2.10. The topological polar surface area (TPSA) is 29.9 Å². The van der Waals surface area contributed by atoms with Crippen LogP contribution >= 0.6 is 0 Å². The number of allylic oxidation sites excluding steroid dienone is 1. The predicted octanol–water partition coefficient (Wildman–Crippen LogP) is 2.86. The van der Waals surface area contributed by atoms with E-state index in [0.717, 1.165) is 31.0 Å². The van der Waals surface area contributed by atoms with Crippen LogP contribution in [0.25, 0.3) is 0 Å². The molecule has 0 saturated carbocycles. The molecule has 1 aromatic heterocycles. The maximum Gasteiger partial charge on any atom is 0.203 e. The highest BCUT2D eigenvalue weighted by molar-refractivity contribution is 5.27. The molecule has 0 amide bonds. The van der Waals surface area contributed by atoms with E-state index < -0.39 is 0 Å². The highest BCUT2D eigenvalue weighted by Crippen LogP contribution is 2.07. The van der Waals surface area contributed by atoms with Crippen LogP contribution in [0.3, 0.4) is 0 Å². The van der Waals surface area contributed by atoms with E-state index in [9.17, 15) is 4.39 Å². The zero-order valence-electron chi connectivity index (χ0n) is 10.1. The van der Waals surface area contributed by atoms with Gasteiger partial charge in [0, 0.05) is 25.5 Å². The summed E-state index contributed by atoms with van der Waals surface area (Å²) in [5, 5.41) is 3.23. The molecule has 0 radical (unpaired) electrons. The second-order valence-electron chi connectivity index (χ2n) is 4.00. The van der Waals surface area contributed by atoms with E-state index in [1.54, 1.807) is 18.3 Å². The first kappa shape index (κ1) is 12.4. The summed E-state index contributed by atoms with van der Waals surface area (Å²) in [6.07, 6.45) is 6.22. The van der Waals surface area contributed by atoms with Gasteiger partial charge in [-0.05, 0) is 24.1 Å². The third-order valence-corrected chi connectivity index (χ3v) is 2.63. The Labute approximate surface area is 106 Å². The second kappa shape index (κ2) is 6.00. The van der Waals surface area contributed by atoms with Gasteiger partial charge >= 0.3 is 0 Å². The van der Waals surface area contributed by atoms with Crippen LogP contribution in [-0.2, 0) is 13.0 Å². The average molecular weight is 245 g/mol. The van der Waals surface area contributed by atoms with Crippen LogP contribution in [-0.4, -0.2) is 16.1 Å². The van der Waals surface area contributed by atoms with E-state index >= 15 is 0 Å². The van der Waals surface area contributed by atoms with Crippen LogP contribution in [0.15, 0.2) is 49.3 Å². The van der Waals surface area contributed by atoms with Crippen LogP contribution in [0.2, 0.25) is 0 Å². The van der Waals surface area contributed by atoms with E-state index in [-0.39, 0.29) is 5.82 Å². The Morgan fingerprint density at radius 3 is 3.11 bits per heavy atom. The number of anilines is 1. The highest BCUT2D eigenvalue weighted by atomic mass is 19.1. The number of nitrogens with zero attached hydrogens (tertiary/aromatic N) is 2. The Bertz CT molecular complexity index is 519. The summed E-state index contributed by atoms with van der Waals surface area (Å²) in [7, 11) is 0. The number of aromatic nitrogens is 2. The van der Waals surface area contributed by atoms with Crippen molar-refractivity contribution in [1.29, 1.82) is 0 Å². The molecule has 18 heavy (non-hydrogen) atoms. The number of hydrogen-bond acceptors (Lipinski definition) is 2. The summed E-state index contributed by atoms with van der Waals surface area (Å²) >= 11 is 0. The van der Waals surface area contributed by atoms with Crippen molar-refractivity contribution in [3.05, 3.63) is 60.7 Å². The van der Waals surface area contributed by atoms with E-state index in [2.05, 4.69) is 16.9 Å². The van der Waals surface area contributed by atoms with Gasteiger partial charge in [-0.2, -0.15) is 0 Å². The fourth-order valence-corrected chi connectivity index (χ4v) is 1.77. The standard InChI is InChI=1S/C14H16FN3/c1-2-9-18-10-8-17-14(18)16-7-6-12-4-3-5-13(15)11-12/h2-5,8,10-11H,1,6-7,9H2,(H,16,17). The van der Waals surface area contributed by atoms with Crippen molar-refractivity contribution in [1.82, 2.24) is 9.55 Å². The van der Waals surface area contributed by atoms with E-state index in [1.165, 1.54) is 6.07 Å². The van der Waals surface area contributed by atoms with Crippen molar-refractivity contribution in [3.8, 4) is 0 Å². The largest absolute Gasteiger partial charge is 0.355 e. The second-order valence-corrected chi connectivity index (χ2v) is 4.00. The molecule has 0 spiro atoms. The van der Waals surface area contributed by atoms with Crippen molar-refractivity contribution in [2.45, 2.75) is 13.0 Å². The zero-order chi connectivity index (χ0) is 12.8. The highest BCUT2D eigenvalue weighted by Gasteiger charge is 2.00. The number of imidazole rings is 1. The maximum atomic E-state index is 13.0. The van der Waals surface area contributed by atoms with E-state index in [4.69, 9.17) is 0 Å². The van der Waals surface area contributed by atoms with Crippen LogP contribution < -0.4 is 5.32 Å². The van der Waals surface area contributed by atoms with Crippen molar-refractivity contribution < 1.29 is 4.39 Å². The Morgan fingerprint density at radius 1 is 1.44 bits per heavy atom. The summed E-state index contributed by atoms with van der Waals surface area (Å²) < 4.78 is 15.0. The van der Waals surface area contributed by atoms with E-state index in [0.29, 0.717) is 0 Å². The molecule has 0 bridgehead atoms. The summed E-state index contributed by atoms with van der Waals surface area (Å²) in [6, 6.07) is 6.65. The van der Waals surface area contributed by atoms with Crippen molar-refractivity contribution in [2.24, 2.45) is 0 Å². The first-order valence-electron chi connectivity index (χ1n) is 5.90. The van der Waals surface area contributed by atoms with Crippen LogP contribution in [0, 0.1) is 5.82 Å². The molecule has 2 rings (SSSR count). The molecule has 0 saturated heterocycles. The van der Waals surface area contributed by atoms with Crippen LogP contribution in [0.4, 0.5) is 10.3 Å². The van der Waals surface area contributed by atoms with Gasteiger partial charge in [0.15, 0.2) is 0 Å². The molecule has 1 N–H and O–H groups in total. The first-order valence-corrected chi connectivity index (χ1v) is 5.90. The van der Waals surface area contributed by atoms with Gasteiger partial charge in [-0.25, -0.2) is 9.37 Å². The predicted molar refractivity (Wildman–Crippen MR) is 71.0 cm³/mol. The molecule has 0 aliphatic carbocycles. The molecule has 0 atom stereocenters. The molecule has 0 aliphatic heterocycles. The van der Waals surface area contributed by atoms with Crippen LogP contribution in [0.1, 0.15) is 5.56 Å². The minimum atomic E-state index is -0.194. The van der Waals surface area contributed by atoms with E-state index in [1.807, 2.05) is 22.9 Å². The number of nitrogens with one attached hydrogen (secondary N) is 1. The van der Waals surface area contributed by atoms with Gasteiger partial charge in [0.2, 0.25) is 5.95 Å². The van der Waals surface area contributed by atoms with Gasteiger partial charge in [-0.15, -0.1) is 6.58 Å². The number of rotatable bonds is 6. The van der Waals surface area contributed by atoms with Gasteiger partial charge in [-0.3, -0.25) is 0 Å². The monoisotopic (exact) mass is 245 g/mol. The normalized spacial score (nSPS) is 10.3. The molecule has 2 aromatic rings. The molecule has 0 fully saturated rings. The molecule has 3 nitrogen and oxygen atoms in total. The Balaban J connectivity index is 1.88. The molecule has 1 heterocycles. The quantitative estimate of drug-likeness (QED) is 0.793. The van der Waals surface area contributed by atoms with Gasteiger partial charge in [0.05, 0.1) is 0 Å². The molecule has 0 unspecified atom stereocenters. The van der Waals surface area contributed by atoms with Crippen LogP contribution in [0.5, 0.6) is 0 Å². The summed E-state index contributed by atoms with van der Waals surface area (Å²) in [4.78, 5) is 4.21. The lowest BCUT2D eigenvalue weighted by Gasteiger charge is -2.08. The molecule has 1 aromatic carbocycles. The Kier molecular flexibility index (Phi) is 4.12. The summed E-state index contributed by atoms with van der Waals surface area (Å²) in [5.41, 5.74) is 0.976. The molecular formula is C14H16FN3.